The number of benzene rings is 1. The molecule has 0 bridgehead atoms. The third-order valence-electron chi connectivity index (χ3n) is 4.93. The first kappa shape index (κ1) is 18.9. The lowest BCUT2D eigenvalue weighted by molar-refractivity contribution is 0.0942. The Morgan fingerprint density at radius 3 is 2.69 bits per heavy atom. The van der Waals surface area contributed by atoms with Gasteiger partial charge in [0, 0.05) is 25.9 Å². The highest BCUT2D eigenvalue weighted by atomic mass is 16.3. The minimum atomic E-state index is -0.294. The number of hydrogen-bond acceptors (Lipinski definition) is 4. The van der Waals surface area contributed by atoms with Crippen LogP contribution in [0.1, 0.15) is 28.0 Å². The summed E-state index contributed by atoms with van der Waals surface area (Å²) in [5.41, 5.74) is 3.11. The maximum absolute atomic E-state index is 13.1. The van der Waals surface area contributed by atoms with Crippen LogP contribution >= 0.6 is 0 Å². The Labute approximate surface area is 167 Å². The molecule has 29 heavy (non-hydrogen) atoms. The molecule has 0 spiro atoms. The fraction of sp³-hybridized carbons (Fsp3) is 0.227. The van der Waals surface area contributed by atoms with E-state index >= 15 is 0 Å². The van der Waals surface area contributed by atoms with Crippen LogP contribution in [0.2, 0.25) is 0 Å². The molecule has 3 aromatic heterocycles. The van der Waals surface area contributed by atoms with Crippen molar-refractivity contribution in [1.29, 1.82) is 0 Å². The zero-order chi connectivity index (χ0) is 20.4. The average molecular weight is 390 g/mol. The summed E-state index contributed by atoms with van der Waals surface area (Å²) in [6.45, 7) is 2.68. The second-order valence-corrected chi connectivity index (χ2v) is 6.97. The molecular weight excluding hydrogens is 368 g/mol. The molecule has 3 heterocycles. The fourth-order valence-electron chi connectivity index (χ4n) is 3.45. The Kier molecular flexibility index (Phi) is 5.14. The molecule has 2 N–H and O–H groups in total. The highest BCUT2D eigenvalue weighted by Crippen LogP contribution is 2.19. The van der Waals surface area contributed by atoms with Gasteiger partial charge in [-0.3, -0.25) is 14.0 Å². The number of aromatic nitrogens is 3. The summed E-state index contributed by atoms with van der Waals surface area (Å²) in [5, 5.41) is 12.2. The topological polar surface area (TPSA) is 88.6 Å². The summed E-state index contributed by atoms with van der Waals surface area (Å²) in [6, 6.07) is 15.1. The zero-order valence-electron chi connectivity index (χ0n) is 16.1. The number of pyridine rings is 1. The smallest absolute Gasteiger partial charge is 0.268 e. The van der Waals surface area contributed by atoms with E-state index in [0.29, 0.717) is 41.9 Å². The Balaban J connectivity index is 1.92. The molecule has 0 aliphatic carbocycles. The Morgan fingerprint density at radius 1 is 1.14 bits per heavy atom. The normalized spacial score (nSPS) is 11.2. The minimum absolute atomic E-state index is 0.000846. The van der Waals surface area contributed by atoms with E-state index in [9.17, 15) is 9.59 Å². The number of nitrogens with one attached hydrogen (secondary N) is 1. The van der Waals surface area contributed by atoms with Crippen molar-refractivity contribution in [1.82, 2.24) is 19.3 Å². The predicted molar refractivity (Wildman–Crippen MR) is 111 cm³/mol. The van der Waals surface area contributed by atoms with Crippen molar-refractivity contribution >= 4 is 22.6 Å². The van der Waals surface area contributed by atoms with Gasteiger partial charge in [0.05, 0.1) is 5.39 Å². The molecule has 4 rings (SSSR count). The van der Waals surface area contributed by atoms with Gasteiger partial charge >= 0.3 is 0 Å². The van der Waals surface area contributed by atoms with E-state index < -0.39 is 0 Å². The molecule has 1 amide bonds. The molecule has 148 valence electrons. The summed E-state index contributed by atoms with van der Waals surface area (Å²) in [6.07, 6.45) is 2.15. The van der Waals surface area contributed by atoms with Crippen LogP contribution in [0.5, 0.6) is 0 Å². The van der Waals surface area contributed by atoms with E-state index in [1.165, 1.54) is 4.40 Å². The van der Waals surface area contributed by atoms with Crippen molar-refractivity contribution in [2.75, 3.05) is 13.2 Å². The van der Waals surface area contributed by atoms with Crippen LogP contribution in [-0.4, -0.2) is 38.1 Å². The summed E-state index contributed by atoms with van der Waals surface area (Å²) >= 11 is 0. The van der Waals surface area contributed by atoms with Crippen LogP contribution in [0, 0.1) is 6.92 Å². The van der Waals surface area contributed by atoms with Crippen molar-refractivity contribution < 1.29 is 9.90 Å². The van der Waals surface area contributed by atoms with Gasteiger partial charge in [0.1, 0.15) is 17.0 Å². The number of aryl methyl sites for hydroxylation is 1. The molecule has 0 radical (unpaired) electrons. The van der Waals surface area contributed by atoms with Crippen molar-refractivity contribution in [3.63, 3.8) is 0 Å². The van der Waals surface area contributed by atoms with Gasteiger partial charge in [-0.25, -0.2) is 4.98 Å². The van der Waals surface area contributed by atoms with Gasteiger partial charge < -0.3 is 15.0 Å². The summed E-state index contributed by atoms with van der Waals surface area (Å²) in [5.74, 6) is -0.294. The van der Waals surface area contributed by atoms with E-state index in [1.807, 2.05) is 43.3 Å². The number of aliphatic hydroxyl groups is 1. The molecule has 7 heteroatoms. The molecule has 0 atom stereocenters. The monoisotopic (exact) mass is 390 g/mol. The third kappa shape index (κ3) is 3.52. The summed E-state index contributed by atoms with van der Waals surface area (Å²) in [7, 11) is 0. The minimum Gasteiger partial charge on any atom is -0.396 e. The van der Waals surface area contributed by atoms with Crippen molar-refractivity contribution in [3.8, 4) is 0 Å². The first-order valence-corrected chi connectivity index (χ1v) is 9.54. The number of hydrogen-bond donors (Lipinski definition) is 2. The van der Waals surface area contributed by atoms with Gasteiger partial charge in [0.2, 0.25) is 0 Å². The van der Waals surface area contributed by atoms with Crippen LogP contribution in [0.4, 0.5) is 0 Å². The van der Waals surface area contributed by atoms with Gasteiger partial charge in [0.15, 0.2) is 0 Å². The van der Waals surface area contributed by atoms with Crippen molar-refractivity contribution in [2.45, 2.75) is 19.9 Å². The SMILES string of the molecule is Cc1cccn2c(=O)c3cc(C(=O)NCCCO)n(Cc4ccccc4)c3nc12. The number of aliphatic hydroxyl groups excluding tert-OH is 1. The number of carbonyl (C=O) groups is 1. The molecule has 0 saturated heterocycles. The second kappa shape index (κ2) is 7.89. The average Bonchev–Trinajstić information content (AvgIpc) is 3.09. The van der Waals surface area contributed by atoms with Crippen LogP contribution in [0.25, 0.3) is 16.7 Å². The molecule has 7 nitrogen and oxygen atoms in total. The number of amides is 1. The highest BCUT2D eigenvalue weighted by molar-refractivity contribution is 5.98. The van der Waals surface area contributed by atoms with Crippen molar-refractivity contribution in [3.05, 3.63) is 81.9 Å². The van der Waals surface area contributed by atoms with Gasteiger partial charge in [-0.1, -0.05) is 36.4 Å². The van der Waals surface area contributed by atoms with E-state index in [2.05, 4.69) is 5.32 Å². The highest BCUT2D eigenvalue weighted by Gasteiger charge is 2.20. The number of rotatable bonds is 6. The quantitative estimate of drug-likeness (QED) is 0.494. The number of fused-ring (bicyclic) bond motifs is 2. The van der Waals surface area contributed by atoms with E-state index in [4.69, 9.17) is 10.1 Å². The van der Waals surface area contributed by atoms with Crippen LogP contribution in [0.3, 0.4) is 0 Å². The van der Waals surface area contributed by atoms with Crippen molar-refractivity contribution in [2.24, 2.45) is 0 Å². The molecule has 0 saturated carbocycles. The zero-order valence-corrected chi connectivity index (χ0v) is 16.1. The summed E-state index contributed by atoms with van der Waals surface area (Å²) in [4.78, 5) is 30.6. The van der Waals surface area contributed by atoms with E-state index in [0.717, 1.165) is 11.1 Å². The maximum Gasteiger partial charge on any atom is 0.268 e. The molecule has 1 aromatic carbocycles. The molecule has 0 aliphatic heterocycles. The van der Waals surface area contributed by atoms with Gasteiger partial charge in [-0.15, -0.1) is 0 Å². The Morgan fingerprint density at radius 2 is 1.93 bits per heavy atom. The Bertz CT molecular complexity index is 1240. The third-order valence-corrected chi connectivity index (χ3v) is 4.93. The maximum atomic E-state index is 13.1. The van der Waals surface area contributed by atoms with E-state index in [-0.39, 0.29) is 18.1 Å². The molecule has 4 aromatic rings. The standard InChI is InChI=1S/C22H22N4O3/c1-15-7-5-11-25-19(15)24-20-17(22(25)29)13-18(21(28)23-10-6-12-27)26(20)14-16-8-3-2-4-9-16/h2-5,7-9,11,13,27H,6,10,12,14H2,1H3,(H,23,28). The molecular formula is C22H22N4O3. The molecule has 0 unspecified atom stereocenters. The first-order chi connectivity index (χ1) is 14.1. The summed E-state index contributed by atoms with van der Waals surface area (Å²) < 4.78 is 3.30. The van der Waals surface area contributed by atoms with Gasteiger partial charge in [0.25, 0.3) is 11.5 Å². The molecule has 0 fully saturated rings. The lowest BCUT2D eigenvalue weighted by atomic mass is 10.2. The largest absolute Gasteiger partial charge is 0.396 e. The molecule has 0 aliphatic rings. The lowest BCUT2D eigenvalue weighted by Crippen LogP contribution is -2.27. The lowest BCUT2D eigenvalue weighted by Gasteiger charge is -2.11. The second-order valence-electron chi connectivity index (χ2n) is 6.97. The Hall–Kier alpha value is -3.45. The van der Waals surface area contributed by atoms with Crippen LogP contribution in [-0.2, 0) is 6.54 Å². The van der Waals surface area contributed by atoms with Gasteiger partial charge in [-0.2, -0.15) is 0 Å². The van der Waals surface area contributed by atoms with Crippen LogP contribution in [0.15, 0.2) is 59.5 Å². The predicted octanol–water partition coefficient (Wildman–Crippen LogP) is 2.12. The first-order valence-electron chi connectivity index (χ1n) is 9.54. The van der Waals surface area contributed by atoms with E-state index in [1.54, 1.807) is 22.9 Å². The number of carbonyl (C=O) groups excluding carboxylic acids is 1. The number of nitrogens with zero attached hydrogens (tertiary/aromatic N) is 3. The van der Waals surface area contributed by atoms with Crippen LogP contribution < -0.4 is 10.9 Å². The fourth-order valence-corrected chi connectivity index (χ4v) is 3.45. The van der Waals surface area contributed by atoms with Gasteiger partial charge in [-0.05, 0) is 36.6 Å².